The van der Waals surface area contributed by atoms with E-state index in [0.29, 0.717) is 6.04 Å². The van der Waals surface area contributed by atoms with Gasteiger partial charge in [0, 0.05) is 39.0 Å². The number of para-hydroxylation sites is 1. The van der Waals surface area contributed by atoms with Crippen LogP contribution in [0.1, 0.15) is 11.1 Å². The molecule has 7 aromatic carbocycles. The zero-order valence-corrected chi connectivity index (χ0v) is 25.8. The summed E-state index contributed by atoms with van der Waals surface area (Å²) >= 11 is 0. The summed E-state index contributed by atoms with van der Waals surface area (Å²) in [6, 6.07) is 56.5. The fraction of sp³-hybridized carbons (Fsp3) is 0.0667. The van der Waals surface area contributed by atoms with Crippen LogP contribution < -0.4 is 4.90 Å². The van der Waals surface area contributed by atoms with E-state index in [-0.39, 0.29) is 0 Å². The quantitative estimate of drug-likeness (QED) is 0.196. The van der Waals surface area contributed by atoms with Crippen LogP contribution in [-0.4, -0.2) is 10.4 Å². The maximum absolute atomic E-state index is 2.64. The van der Waals surface area contributed by atoms with Crippen molar-refractivity contribution in [2.45, 2.75) is 18.9 Å². The third kappa shape index (κ3) is 3.40. The molecule has 0 spiro atoms. The van der Waals surface area contributed by atoms with E-state index in [1.54, 1.807) is 0 Å². The molecule has 0 fully saturated rings. The Hall–Kier alpha value is -5.86. The Balaban J connectivity index is 1.07. The number of aromatic nitrogens is 1. The lowest BCUT2D eigenvalue weighted by Gasteiger charge is -2.21. The fourth-order valence-corrected chi connectivity index (χ4v) is 8.99. The molecule has 1 atom stereocenters. The molecule has 11 rings (SSSR count). The molecule has 220 valence electrons. The fourth-order valence-electron chi connectivity index (χ4n) is 8.99. The third-order valence-corrected chi connectivity index (χ3v) is 10.9. The first-order valence-corrected chi connectivity index (χ1v) is 16.7. The maximum atomic E-state index is 2.64. The van der Waals surface area contributed by atoms with Crippen molar-refractivity contribution in [3.05, 3.63) is 163 Å². The van der Waals surface area contributed by atoms with Gasteiger partial charge in [-0.15, -0.1) is 0 Å². The van der Waals surface area contributed by atoms with Crippen molar-refractivity contribution in [1.82, 2.24) is 4.40 Å². The summed E-state index contributed by atoms with van der Waals surface area (Å²) in [7, 11) is 0. The van der Waals surface area contributed by atoms with Crippen LogP contribution in [0.5, 0.6) is 0 Å². The zero-order valence-electron chi connectivity index (χ0n) is 25.8. The first-order valence-electron chi connectivity index (χ1n) is 16.7. The Kier molecular flexibility index (Phi) is 5.04. The normalized spacial score (nSPS) is 15.2. The molecule has 2 aromatic heterocycles. The van der Waals surface area contributed by atoms with Crippen molar-refractivity contribution < 1.29 is 0 Å². The predicted molar refractivity (Wildman–Crippen MR) is 197 cm³/mol. The second-order valence-electron chi connectivity index (χ2n) is 13.2. The van der Waals surface area contributed by atoms with E-state index in [2.05, 4.69) is 161 Å². The summed E-state index contributed by atoms with van der Waals surface area (Å²) in [6.45, 7) is 0. The summed E-state index contributed by atoms with van der Waals surface area (Å²) in [5.74, 6) is 0. The SMILES string of the molecule is c1ccc(-c2ccccc2-c2ccc3c(c2)CC2Cc4c(ccc5c4c4cccc6c7c(-c8ccccc8)cccc7n5c64)N32)cc1. The Bertz CT molecular complexity index is 2680. The minimum Gasteiger partial charge on any atom is -0.337 e. The number of hydrogen-bond donors (Lipinski definition) is 0. The van der Waals surface area contributed by atoms with E-state index >= 15 is 0 Å². The second kappa shape index (κ2) is 9.34. The lowest BCUT2D eigenvalue weighted by Crippen LogP contribution is -2.22. The maximum Gasteiger partial charge on any atom is 0.0620 e. The van der Waals surface area contributed by atoms with Gasteiger partial charge in [0.2, 0.25) is 0 Å². The first-order chi connectivity index (χ1) is 23.3. The number of nitrogens with zero attached hydrogens (tertiary/aromatic N) is 2. The topological polar surface area (TPSA) is 7.65 Å². The molecule has 0 N–H and O–H groups in total. The molecular formula is C45H30N2. The molecule has 2 aliphatic rings. The standard InChI is InChI=1S/C45H30N2/c1-3-11-28(12-4-1)33-15-7-8-16-34(33)30-21-22-39-31(25-30)26-32-27-38-40(46(32)39)23-24-42-44(38)37-19-9-18-36-43-35(29-13-5-2-6-14-29)17-10-20-41(43)47(42)45(36)37/h1-25,32H,26-27H2. The molecule has 2 nitrogen and oxygen atoms in total. The number of rotatable bonds is 3. The Morgan fingerprint density at radius 2 is 1.06 bits per heavy atom. The van der Waals surface area contributed by atoms with E-state index < -0.39 is 0 Å². The van der Waals surface area contributed by atoms with E-state index in [4.69, 9.17) is 0 Å². The zero-order chi connectivity index (χ0) is 30.6. The van der Waals surface area contributed by atoms with Gasteiger partial charge in [0.1, 0.15) is 0 Å². The lowest BCUT2D eigenvalue weighted by atomic mass is 9.92. The van der Waals surface area contributed by atoms with Gasteiger partial charge in [-0.2, -0.15) is 0 Å². The Morgan fingerprint density at radius 3 is 1.85 bits per heavy atom. The summed E-state index contributed by atoms with van der Waals surface area (Å²) in [5, 5.41) is 5.49. The molecule has 0 radical (unpaired) electrons. The van der Waals surface area contributed by atoms with Gasteiger partial charge < -0.3 is 9.30 Å². The molecule has 9 aromatic rings. The molecular weight excluding hydrogens is 569 g/mol. The Morgan fingerprint density at radius 1 is 0.447 bits per heavy atom. The van der Waals surface area contributed by atoms with Crippen molar-refractivity contribution in [2.24, 2.45) is 0 Å². The highest BCUT2D eigenvalue weighted by Gasteiger charge is 2.39. The predicted octanol–water partition coefficient (Wildman–Crippen LogP) is 11.5. The van der Waals surface area contributed by atoms with Crippen molar-refractivity contribution in [3.8, 4) is 33.4 Å². The molecule has 0 aliphatic carbocycles. The van der Waals surface area contributed by atoms with Crippen LogP contribution in [0, 0.1) is 0 Å². The van der Waals surface area contributed by atoms with Crippen LogP contribution in [0.15, 0.2) is 152 Å². The van der Waals surface area contributed by atoms with Crippen molar-refractivity contribution in [1.29, 1.82) is 0 Å². The molecule has 0 amide bonds. The Labute approximate surface area is 273 Å². The van der Waals surface area contributed by atoms with Crippen molar-refractivity contribution >= 4 is 49.5 Å². The smallest absolute Gasteiger partial charge is 0.0620 e. The number of anilines is 2. The van der Waals surface area contributed by atoms with Gasteiger partial charge in [-0.3, -0.25) is 0 Å². The minimum absolute atomic E-state index is 0.451. The van der Waals surface area contributed by atoms with E-state index in [9.17, 15) is 0 Å². The van der Waals surface area contributed by atoms with Crippen LogP contribution in [-0.2, 0) is 12.8 Å². The van der Waals surface area contributed by atoms with Gasteiger partial charge in [-0.1, -0.05) is 121 Å². The van der Waals surface area contributed by atoms with Crippen LogP contribution in [0.2, 0.25) is 0 Å². The molecule has 0 saturated carbocycles. The minimum atomic E-state index is 0.451. The molecule has 2 aliphatic heterocycles. The lowest BCUT2D eigenvalue weighted by molar-refractivity contribution is 0.727. The summed E-state index contributed by atoms with van der Waals surface area (Å²) in [4.78, 5) is 2.64. The highest BCUT2D eigenvalue weighted by Crippen LogP contribution is 2.52. The molecule has 47 heavy (non-hydrogen) atoms. The summed E-state index contributed by atoms with van der Waals surface area (Å²) in [6.07, 6.45) is 2.14. The van der Waals surface area contributed by atoms with Crippen LogP contribution in [0.25, 0.3) is 71.5 Å². The van der Waals surface area contributed by atoms with Gasteiger partial charge in [0.25, 0.3) is 0 Å². The van der Waals surface area contributed by atoms with Gasteiger partial charge in [-0.25, -0.2) is 0 Å². The van der Waals surface area contributed by atoms with Gasteiger partial charge in [0.15, 0.2) is 0 Å². The molecule has 0 bridgehead atoms. The molecule has 0 saturated heterocycles. The van der Waals surface area contributed by atoms with Gasteiger partial charge in [-0.05, 0) is 87.7 Å². The highest BCUT2D eigenvalue weighted by molar-refractivity contribution is 6.27. The summed E-state index contributed by atoms with van der Waals surface area (Å²) < 4.78 is 2.54. The van der Waals surface area contributed by atoms with Crippen LogP contribution in [0.3, 0.4) is 0 Å². The van der Waals surface area contributed by atoms with Crippen LogP contribution in [0.4, 0.5) is 11.4 Å². The number of hydrogen-bond acceptors (Lipinski definition) is 1. The number of benzene rings is 7. The third-order valence-electron chi connectivity index (χ3n) is 10.9. The van der Waals surface area contributed by atoms with E-state index in [1.165, 1.54) is 94.0 Å². The number of fused-ring (bicyclic) bond motifs is 12. The largest absolute Gasteiger partial charge is 0.337 e. The van der Waals surface area contributed by atoms with Gasteiger partial charge >= 0.3 is 0 Å². The van der Waals surface area contributed by atoms with Gasteiger partial charge in [0.05, 0.1) is 16.6 Å². The summed E-state index contributed by atoms with van der Waals surface area (Å²) in [5.41, 5.74) is 17.4. The van der Waals surface area contributed by atoms with Crippen LogP contribution >= 0.6 is 0 Å². The average Bonchev–Trinajstić information content (AvgIpc) is 3.87. The second-order valence-corrected chi connectivity index (χ2v) is 13.2. The monoisotopic (exact) mass is 598 g/mol. The van der Waals surface area contributed by atoms with Crippen molar-refractivity contribution in [2.75, 3.05) is 4.90 Å². The molecule has 4 heterocycles. The van der Waals surface area contributed by atoms with E-state index in [0.717, 1.165) is 12.8 Å². The highest BCUT2D eigenvalue weighted by atomic mass is 15.2. The van der Waals surface area contributed by atoms with E-state index in [1.807, 2.05) is 0 Å². The molecule has 2 heteroatoms. The average molecular weight is 599 g/mol. The molecule has 1 unspecified atom stereocenters. The van der Waals surface area contributed by atoms with Crippen molar-refractivity contribution in [3.63, 3.8) is 0 Å². The first kappa shape index (κ1) is 25.3.